The molecule has 30 heavy (non-hydrogen) atoms. The maximum atomic E-state index is 13.1. The van der Waals surface area contributed by atoms with Gasteiger partial charge in [-0.05, 0) is 49.6 Å². The highest BCUT2D eigenvalue weighted by molar-refractivity contribution is 5.97. The number of rotatable bonds is 9. The number of amides is 2. The van der Waals surface area contributed by atoms with E-state index in [1.165, 1.54) is 0 Å². The van der Waals surface area contributed by atoms with Crippen LogP contribution in [-0.2, 0) is 14.3 Å². The molecule has 0 unspecified atom stereocenters. The Kier molecular flexibility index (Phi) is 7.85. The minimum atomic E-state index is -0.354. The fourth-order valence-electron chi connectivity index (χ4n) is 3.91. The van der Waals surface area contributed by atoms with Crippen LogP contribution < -0.4 is 15.0 Å². The molecule has 2 atom stereocenters. The zero-order chi connectivity index (χ0) is 21.3. The lowest BCUT2D eigenvalue weighted by molar-refractivity contribution is -0.129. The SMILES string of the molecule is CCOCCCNC(=O)[C@@H]1CCC(=O)N(c2ccc(OC)cc2)[C@H]1c1ccccc1. The molecule has 2 aromatic rings. The molecule has 3 rings (SSSR count). The van der Waals surface area contributed by atoms with Crippen molar-refractivity contribution >= 4 is 17.5 Å². The van der Waals surface area contributed by atoms with Crippen molar-refractivity contribution in [2.45, 2.75) is 32.2 Å². The van der Waals surface area contributed by atoms with Gasteiger partial charge in [-0.25, -0.2) is 0 Å². The van der Waals surface area contributed by atoms with E-state index in [2.05, 4.69) is 5.32 Å². The Hall–Kier alpha value is -2.86. The van der Waals surface area contributed by atoms with Gasteiger partial charge < -0.3 is 19.7 Å². The van der Waals surface area contributed by atoms with Gasteiger partial charge in [0.15, 0.2) is 0 Å². The number of nitrogens with zero attached hydrogens (tertiary/aromatic N) is 1. The van der Waals surface area contributed by atoms with Gasteiger partial charge in [0, 0.05) is 31.9 Å². The molecular weight excluding hydrogens is 380 g/mol. The summed E-state index contributed by atoms with van der Waals surface area (Å²) in [6, 6.07) is 16.8. The molecule has 1 saturated heterocycles. The Morgan fingerprint density at radius 1 is 1.13 bits per heavy atom. The smallest absolute Gasteiger partial charge is 0.227 e. The molecular formula is C24H30N2O4. The highest BCUT2D eigenvalue weighted by atomic mass is 16.5. The largest absolute Gasteiger partial charge is 0.497 e. The number of methoxy groups -OCH3 is 1. The Morgan fingerprint density at radius 2 is 1.87 bits per heavy atom. The molecule has 0 bridgehead atoms. The highest BCUT2D eigenvalue weighted by Crippen LogP contribution is 2.40. The molecule has 1 heterocycles. The molecule has 1 fully saturated rings. The summed E-state index contributed by atoms with van der Waals surface area (Å²) in [4.78, 5) is 27.8. The van der Waals surface area contributed by atoms with Crippen molar-refractivity contribution in [2.24, 2.45) is 5.92 Å². The molecule has 1 aliphatic rings. The number of carbonyl (C=O) groups is 2. The molecule has 1 aliphatic heterocycles. The molecule has 1 N–H and O–H groups in total. The Morgan fingerprint density at radius 3 is 2.53 bits per heavy atom. The summed E-state index contributed by atoms with van der Waals surface area (Å²) in [6.45, 7) is 3.81. The van der Waals surface area contributed by atoms with Crippen LogP contribution in [0.3, 0.4) is 0 Å². The minimum absolute atomic E-state index is 0.0219. The molecule has 0 spiro atoms. The average Bonchev–Trinajstić information content (AvgIpc) is 2.79. The molecule has 0 aromatic heterocycles. The molecule has 160 valence electrons. The summed E-state index contributed by atoms with van der Waals surface area (Å²) >= 11 is 0. The molecule has 6 nitrogen and oxygen atoms in total. The minimum Gasteiger partial charge on any atom is -0.497 e. The van der Waals surface area contributed by atoms with Crippen molar-refractivity contribution in [3.05, 3.63) is 60.2 Å². The number of benzene rings is 2. The zero-order valence-electron chi connectivity index (χ0n) is 17.7. The van der Waals surface area contributed by atoms with Crippen LogP contribution in [0.2, 0.25) is 0 Å². The maximum absolute atomic E-state index is 13.1. The van der Waals surface area contributed by atoms with Gasteiger partial charge in [-0.15, -0.1) is 0 Å². The molecule has 0 radical (unpaired) electrons. The van der Waals surface area contributed by atoms with Gasteiger partial charge in [-0.1, -0.05) is 30.3 Å². The predicted octanol–water partition coefficient (Wildman–Crippen LogP) is 3.72. The first-order chi connectivity index (χ1) is 14.7. The lowest BCUT2D eigenvalue weighted by Crippen LogP contribution is -2.48. The quantitative estimate of drug-likeness (QED) is 0.640. The Balaban J connectivity index is 1.86. The third kappa shape index (κ3) is 5.19. The number of hydrogen-bond acceptors (Lipinski definition) is 4. The van der Waals surface area contributed by atoms with Gasteiger partial charge in [0.1, 0.15) is 5.75 Å². The lowest BCUT2D eigenvalue weighted by Gasteiger charge is -2.41. The molecule has 2 aromatic carbocycles. The summed E-state index contributed by atoms with van der Waals surface area (Å²) in [5.41, 5.74) is 1.72. The summed E-state index contributed by atoms with van der Waals surface area (Å²) < 4.78 is 10.6. The fourth-order valence-corrected chi connectivity index (χ4v) is 3.91. The van der Waals surface area contributed by atoms with Crippen LogP contribution in [0.4, 0.5) is 5.69 Å². The van der Waals surface area contributed by atoms with E-state index in [0.717, 1.165) is 23.4 Å². The van der Waals surface area contributed by atoms with Crippen LogP contribution in [-0.4, -0.2) is 38.7 Å². The third-order valence-corrected chi connectivity index (χ3v) is 5.39. The number of ether oxygens (including phenoxy) is 2. The molecule has 6 heteroatoms. The number of hydrogen-bond donors (Lipinski definition) is 1. The summed E-state index contributed by atoms with van der Waals surface area (Å²) in [6.07, 6.45) is 1.64. The second-order valence-corrected chi connectivity index (χ2v) is 7.30. The van der Waals surface area contributed by atoms with Crippen LogP contribution >= 0.6 is 0 Å². The number of carbonyl (C=O) groups excluding carboxylic acids is 2. The van der Waals surface area contributed by atoms with E-state index in [1.54, 1.807) is 12.0 Å². The Labute approximate surface area is 178 Å². The van der Waals surface area contributed by atoms with Gasteiger partial charge in [0.2, 0.25) is 11.8 Å². The second-order valence-electron chi connectivity index (χ2n) is 7.30. The van der Waals surface area contributed by atoms with E-state index < -0.39 is 0 Å². The third-order valence-electron chi connectivity index (χ3n) is 5.39. The summed E-state index contributed by atoms with van der Waals surface area (Å²) in [5, 5.41) is 3.04. The van der Waals surface area contributed by atoms with Gasteiger partial charge in [-0.2, -0.15) is 0 Å². The Bertz CT molecular complexity index is 823. The monoisotopic (exact) mass is 410 g/mol. The highest BCUT2D eigenvalue weighted by Gasteiger charge is 2.41. The van der Waals surface area contributed by atoms with E-state index in [0.29, 0.717) is 32.6 Å². The van der Waals surface area contributed by atoms with Crippen molar-refractivity contribution < 1.29 is 19.1 Å². The van der Waals surface area contributed by atoms with Gasteiger partial charge in [0.05, 0.1) is 19.1 Å². The first-order valence-corrected chi connectivity index (χ1v) is 10.5. The first kappa shape index (κ1) is 21.8. The summed E-state index contributed by atoms with van der Waals surface area (Å²) in [5.74, 6) is 0.406. The summed E-state index contributed by atoms with van der Waals surface area (Å²) in [7, 11) is 1.61. The van der Waals surface area contributed by atoms with Crippen LogP contribution in [0.15, 0.2) is 54.6 Å². The standard InChI is InChI=1S/C24H30N2O4/c1-3-30-17-7-16-25-24(28)21-14-15-22(27)26(19-10-12-20(29-2)13-11-19)23(21)18-8-5-4-6-9-18/h4-6,8-13,21,23H,3,7,14-17H2,1-2H3,(H,25,28)/t21-,23+/m1/s1. The molecule has 2 amide bonds. The predicted molar refractivity (Wildman–Crippen MR) is 117 cm³/mol. The van der Waals surface area contributed by atoms with Gasteiger partial charge in [0.25, 0.3) is 0 Å². The van der Waals surface area contributed by atoms with E-state index in [-0.39, 0.29) is 23.8 Å². The zero-order valence-corrected chi connectivity index (χ0v) is 17.7. The normalized spacial score (nSPS) is 18.9. The molecule has 0 saturated carbocycles. The van der Waals surface area contributed by atoms with Crippen molar-refractivity contribution in [1.29, 1.82) is 0 Å². The maximum Gasteiger partial charge on any atom is 0.227 e. The number of nitrogens with one attached hydrogen (secondary N) is 1. The van der Waals surface area contributed by atoms with Crippen LogP contribution in [0.5, 0.6) is 5.75 Å². The van der Waals surface area contributed by atoms with Crippen molar-refractivity contribution in [2.75, 3.05) is 31.8 Å². The van der Waals surface area contributed by atoms with Crippen LogP contribution in [0.1, 0.15) is 37.8 Å². The van der Waals surface area contributed by atoms with Gasteiger partial charge in [-0.3, -0.25) is 9.59 Å². The first-order valence-electron chi connectivity index (χ1n) is 10.5. The van der Waals surface area contributed by atoms with Crippen LogP contribution in [0, 0.1) is 5.92 Å². The second kappa shape index (κ2) is 10.8. The van der Waals surface area contributed by atoms with Gasteiger partial charge >= 0.3 is 0 Å². The van der Waals surface area contributed by atoms with Crippen LogP contribution in [0.25, 0.3) is 0 Å². The lowest BCUT2D eigenvalue weighted by atomic mass is 9.83. The van der Waals surface area contributed by atoms with Crippen molar-refractivity contribution in [3.63, 3.8) is 0 Å². The number of anilines is 1. The fraction of sp³-hybridized carbons (Fsp3) is 0.417. The van der Waals surface area contributed by atoms with E-state index in [4.69, 9.17) is 9.47 Å². The topological polar surface area (TPSA) is 67.9 Å². The number of piperidine rings is 1. The van der Waals surface area contributed by atoms with E-state index in [9.17, 15) is 9.59 Å². The van der Waals surface area contributed by atoms with E-state index >= 15 is 0 Å². The van der Waals surface area contributed by atoms with E-state index in [1.807, 2.05) is 61.5 Å². The van der Waals surface area contributed by atoms with Crippen molar-refractivity contribution in [1.82, 2.24) is 5.32 Å². The molecule has 0 aliphatic carbocycles. The van der Waals surface area contributed by atoms with Crippen molar-refractivity contribution in [3.8, 4) is 5.75 Å². The average molecular weight is 411 g/mol.